The minimum atomic E-state index is -0.270. The quantitative estimate of drug-likeness (QED) is 0.387. The number of aromatic nitrogens is 1. The van der Waals surface area contributed by atoms with Gasteiger partial charge in [-0.3, -0.25) is 4.98 Å². The van der Waals surface area contributed by atoms with E-state index in [0.717, 1.165) is 28.2 Å². The third-order valence-corrected chi connectivity index (χ3v) is 7.81. The van der Waals surface area contributed by atoms with E-state index >= 15 is 0 Å². The molecular weight excluding hydrogens is 479 g/mol. The summed E-state index contributed by atoms with van der Waals surface area (Å²) < 4.78 is 14.1. The number of aryl methyl sites for hydroxylation is 1. The number of nitrogens with zero attached hydrogens (tertiary/aromatic N) is 3. The number of hydrogen-bond acceptors (Lipinski definition) is 3. The lowest BCUT2D eigenvalue weighted by molar-refractivity contribution is 0.566. The fraction of sp³-hybridized carbons (Fsp3) is 0.286. The standard InChI is InChI=1S/C28H28ClFN4S/c1-16-12-18(9-10-22(16)30)34-26(25(32-27(34)35)23-8-6-7-11-31-23)20-13-19-17(2)15-28(3,4)33(5)24(19)14-21(20)29/h6-15,25-26H,1-5H3,(H,32,35)/t25-,26-/m0/s1. The molecule has 0 unspecified atom stereocenters. The summed E-state index contributed by atoms with van der Waals surface area (Å²) in [6.07, 6.45) is 4.06. The molecule has 7 heteroatoms. The predicted octanol–water partition coefficient (Wildman–Crippen LogP) is 6.99. The van der Waals surface area contributed by atoms with E-state index < -0.39 is 0 Å². The van der Waals surface area contributed by atoms with Crippen LogP contribution in [0.2, 0.25) is 5.02 Å². The molecule has 3 heterocycles. The highest BCUT2D eigenvalue weighted by Gasteiger charge is 2.42. The third kappa shape index (κ3) is 3.99. The molecule has 180 valence electrons. The number of likely N-dealkylation sites (N-methyl/N-ethyl adjacent to an activating group) is 1. The van der Waals surface area contributed by atoms with Crippen LogP contribution in [0.5, 0.6) is 0 Å². The number of allylic oxidation sites excluding steroid dienone is 1. The molecule has 1 fully saturated rings. The smallest absolute Gasteiger partial charge is 0.174 e. The summed E-state index contributed by atoms with van der Waals surface area (Å²) in [6.45, 7) is 8.28. The molecular formula is C28H28ClFN4S. The fourth-order valence-corrected chi connectivity index (χ4v) is 5.76. The normalized spacial score (nSPS) is 21.0. The summed E-state index contributed by atoms with van der Waals surface area (Å²) in [4.78, 5) is 8.90. The van der Waals surface area contributed by atoms with Gasteiger partial charge in [0.15, 0.2) is 5.11 Å². The molecule has 1 N–H and O–H groups in total. The highest BCUT2D eigenvalue weighted by atomic mass is 35.5. The van der Waals surface area contributed by atoms with Gasteiger partial charge in [-0.05, 0) is 99.1 Å². The number of hydrogen-bond donors (Lipinski definition) is 1. The van der Waals surface area contributed by atoms with Crippen LogP contribution in [0.1, 0.15) is 55.2 Å². The van der Waals surface area contributed by atoms with E-state index in [-0.39, 0.29) is 23.4 Å². The molecule has 0 amide bonds. The molecule has 35 heavy (non-hydrogen) atoms. The number of nitrogens with one attached hydrogen (secondary N) is 1. The van der Waals surface area contributed by atoms with Crippen LogP contribution in [0.15, 0.2) is 60.8 Å². The van der Waals surface area contributed by atoms with Crippen molar-refractivity contribution in [1.29, 1.82) is 0 Å². The van der Waals surface area contributed by atoms with Crippen LogP contribution in [-0.4, -0.2) is 22.7 Å². The Morgan fingerprint density at radius 3 is 2.57 bits per heavy atom. The maximum Gasteiger partial charge on any atom is 0.174 e. The second-order valence-corrected chi connectivity index (χ2v) is 10.7. The number of halogens is 2. The Hall–Kier alpha value is -2.96. The monoisotopic (exact) mass is 506 g/mol. The lowest BCUT2D eigenvalue weighted by atomic mass is 9.86. The van der Waals surface area contributed by atoms with E-state index in [4.69, 9.17) is 23.8 Å². The van der Waals surface area contributed by atoms with Crippen molar-refractivity contribution < 1.29 is 4.39 Å². The first-order valence-electron chi connectivity index (χ1n) is 11.6. The number of benzene rings is 2. The molecule has 0 radical (unpaired) electrons. The Bertz CT molecular complexity index is 1350. The van der Waals surface area contributed by atoms with Gasteiger partial charge >= 0.3 is 0 Å². The van der Waals surface area contributed by atoms with E-state index in [1.54, 1.807) is 19.2 Å². The van der Waals surface area contributed by atoms with Crippen LogP contribution in [0, 0.1) is 12.7 Å². The van der Waals surface area contributed by atoms with E-state index in [1.165, 1.54) is 11.6 Å². The van der Waals surface area contributed by atoms with Gasteiger partial charge < -0.3 is 15.1 Å². The largest absolute Gasteiger partial charge is 0.365 e. The molecule has 2 atom stereocenters. The Labute approximate surface area is 216 Å². The summed E-state index contributed by atoms with van der Waals surface area (Å²) in [5.41, 5.74) is 6.49. The molecule has 4 nitrogen and oxygen atoms in total. The van der Waals surface area contributed by atoms with Crippen LogP contribution in [0.3, 0.4) is 0 Å². The summed E-state index contributed by atoms with van der Waals surface area (Å²) in [7, 11) is 2.09. The number of rotatable bonds is 3. The van der Waals surface area contributed by atoms with Crippen molar-refractivity contribution in [2.24, 2.45) is 0 Å². The zero-order valence-electron chi connectivity index (χ0n) is 20.4. The first-order valence-corrected chi connectivity index (χ1v) is 12.4. The Morgan fingerprint density at radius 1 is 1.11 bits per heavy atom. The average molecular weight is 507 g/mol. The number of anilines is 2. The van der Waals surface area contributed by atoms with Gasteiger partial charge in [-0.2, -0.15) is 0 Å². The van der Waals surface area contributed by atoms with Crippen LogP contribution >= 0.6 is 23.8 Å². The molecule has 1 aromatic heterocycles. The van der Waals surface area contributed by atoms with Gasteiger partial charge in [0.1, 0.15) is 5.82 Å². The predicted molar refractivity (Wildman–Crippen MR) is 147 cm³/mol. The summed E-state index contributed by atoms with van der Waals surface area (Å²) in [5, 5.41) is 4.67. The SMILES string of the molecule is CC1=CC(C)(C)N(C)c2cc(Cl)c([C@H]3[C@H](c4ccccn4)NC(=S)N3c3ccc(F)c(C)c3)cc21. The molecule has 0 aliphatic carbocycles. The van der Waals surface area contributed by atoms with Gasteiger partial charge in [0.05, 0.1) is 23.3 Å². The second-order valence-electron chi connectivity index (χ2n) is 9.86. The molecule has 3 aromatic rings. The summed E-state index contributed by atoms with van der Waals surface area (Å²) >= 11 is 12.9. The van der Waals surface area contributed by atoms with Crippen molar-refractivity contribution in [3.63, 3.8) is 0 Å². The van der Waals surface area contributed by atoms with Crippen LogP contribution in [0.4, 0.5) is 15.8 Å². The Kier molecular flexibility index (Phi) is 5.85. The van der Waals surface area contributed by atoms with Crippen molar-refractivity contribution >= 4 is 45.9 Å². The second kappa shape index (κ2) is 8.61. The first-order chi connectivity index (χ1) is 16.6. The van der Waals surface area contributed by atoms with Crippen molar-refractivity contribution in [2.75, 3.05) is 16.8 Å². The molecule has 2 aliphatic heterocycles. The highest BCUT2D eigenvalue weighted by molar-refractivity contribution is 7.80. The molecule has 0 spiro atoms. The zero-order valence-corrected chi connectivity index (χ0v) is 22.0. The van der Waals surface area contributed by atoms with Crippen LogP contribution in [-0.2, 0) is 0 Å². The molecule has 0 saturated carbocycles. The highest BCUT2D eigenvalue weighted by Crippen LogP contribution is 2.48. The fourth-order valence-electron chi connectivity index (χ4n) is 5.14. The minimum absolute atomic E-state index is 0.118. The van der Waals surface area contributed by atoms with Gasteiger partial charge in [0.25, 0.3) is 0 Å². The third-order valence-electron chi connectivity index (χ3n) is 7.17. The Balaban J connectivity index is 1.71. The van der Waals surface area contributed by atoms with Gasteiger partial charge in [-0.15, -0.1) is 0 Å². The van der Waals surface area contributed by atoms with Crippen molar-refractivity contribution in [2.45, 2.75) is 45.3 Å². The number of pyridine rings is 1. The van der Waals surface area contributed by atoms with Gasteiger partial charge in [0.2, 0.25) is 0 Å². The Morgan fingerprint density at radius 2 is 1.89 bits per heavy atom. The lowest BCUT2D eigenvalue weighted by Crippen LogP contribution is -2.42. The summed E-state index contributed by atoms with van der Waals surface area (Å²) in [5.74, 6) is -0.247. The van der Waals surface area contributed by atoms with Crippen molar-refractivity contribution in [3.8, 4) is 0 Å². The lowest BCUT2D eigenvalue weighted by Gasteiger charge is -2.41. The molecule has 2 aliphatic rings. The van der Waals surface area contributed by atoms with Crippen molar-refractivity contribution in [3.05, 3.63) is 94.0 Å². The first kappa shape index (κ1) is 23.8. The molecule has 2 aromatic carbocycles. The maximum atomic E-state index is 14.1. The average Bonchev–Trinajstić information content (AvgIpc) is 3.16. The minimum Gasteiger partial charge on any atom is -0.365 e. The molecule has 1 saturated heterocycles. The number of fused-ring (bicyclic) bond motifs is 1. The van der Waals surface area contributed by atoms with E-state index in [9.17, 15) is 4.39 Å². The molecule has 5 rings (SSSR count). The maximum absolute atomic E-state index is 14.1. The van der Waals surface area contributed by atoms with Crippen LogP contribution < -0.4 is 15.1 Å². The zero-order chi connectivity index (χ0) is 25.1. The van der Waals surface area contributed by atoms with Gasteiger partial charge in [-0.25, -0.2) is 4.39 Å². The topological polar surface area (TPSA) is 31.4 Å². The van der Waals surface area contributed by atoms with E-state index in [2.05, 4.69) is 61.2 Å². The summed E-state index contributed by atoms with van der Waals surface area (Å²) in [6, 6.07) is 14.6. The van der Waals surface area contributed by atoms with Crippen LogP contribution in [0.25, 0.3) is 5.57 Å². The molecule has 0 bridgehead atoms. The van der Waals surface area contributed by atoms with Gasteiger partial charge in [-0.1, -0.05) is 23.7 Å². The van der Waals surface area contributed by atoms with E-state index in [1.807, 2.05) is 29.2 Å². The van der Waals surface area contributed by atoms with Gasteiger partial charge in [0, 0.05) is 35.2 Å². The van der Waals surface area contributed by atoms with E-state index in [0.29, 0.717) is 15.7 Å². The van der Waals surface area contributed by atoms with Crippen molar-refractivity contribution in [1.82, 2.24) is 10.3 Å². The number of thiocarbonyl (C=S) groups is 1.